The van der Waals surface area contributed by atoms with E-state index in [4.69, 9.17) is 19.2 Å². The van der Waals surface area contributed by atoms with Gasteiger partial charge in [0.05, 0.1) is 17.5 Å². The summed E-state index contributed by atoms with van der Waals surface area (Å²) in [4.78, 5) is 0. The number of nitriles is 1. The lowest BCUT2D eigenvalue weighted by atomic mass is 9.97. The summed E-state index contributed by atoms with van der Waals surface area (Å²) < 4.78 is 17.8. The number of alkyl halides is 1. The van der Waals surface area contributed by atoms with Gasteiger partial charge < -0.3 is 13.9 Å². The maximum Gasteiger partial charge on any atom is 0.192 e. The topological polar surface area (TPSA) is 51.5 Å². The van der Waals surface area contributed by atoms with Crippen LogP contribution in [0.25, 0.3) is 0 Å². The molecule has 0 aliphatic heterocycles. The van der Waals surface area contributed by atoms with Gasteiger partial charge in [0.2, 0.25) is 0 Å². The summed E-state index contributed by atoms with van der Waals surface area (Å²) in [6, 6.07) is 2.25. The second-order valence-electron chi connectivity index (χ2n) is 7.57. The predicted molar refractivity (Wildman–Crippen MR) is 99.0 cm³/mol. The third-order valence-corrected chi connectivity index (χ3v) is 9.95. The molecule has 1 aliphatic rings. The fraction of sp³-hybridized carbons (Fsp3) is 0.824. The van der Waals surface area contributed by atoms with Crippen LogP contribution in [0.3, 0.4) is 0 Å². The van der Waals surface area contributed by atoms with Crippen molar-refractivity contribution in [2.24, 2.45) is 11.8 Å². The van der Waals surface area contributed by atoms with Gasteiger partial charge in [-0.3, -0.25) is 0 Å². The van der Waals surface area contributed by atoms with Crippen molar-refractivity contribution in [3.63, 3.8) is 0 Å². The highest BCUT2D eigenvalue weighted by atomic mass is 79.9. The molecule has 1 unspecified atom stereocenters. The van der Waals surface area contributed by atoms with Gasteiger partial charge in [-0.2, -0.15) is 5.26 Å². The Balaban J connectivity index is 2.75. The van der Waals surface area contributed by atoms with Gasteiger partial charge in [-0.05, 0) is 18.1 Å². The maximum atomic E-state index is 9.04. The number of halogens is 1. The maximum absolute atomic E-state index is 9.04. The average Bonchev–Trinajstić information content (AvgIpc) is 2.84. The Bertz CT molecular complexity index is 438. The normalized spacial score (nSPS) is 26.3. The van der Waals surface area contributed by atoms with E-state index in [0.29, 0.717) is 18.4 Å². The van der Waals surface area contributed by atoms with Gasteiger partial charge in [0, 0.05) is 32.0 Å². The van der Waals surface area contributed by atoms with E-state index in [-0.39, 0.29) is 29.3 Å². The first-order chi connectivity index (χ1) is 10.7. The van der Waals surface area contributed by atoms with Crippen LogP contribution in [0.5, 0.6) is 0 Å². The van der Waals surface area contributed by atoms with Crippen LogP contribution < -0.4 is 0 Å². The lowest BCUT2D eigenvalue weighted by molar-refractivity contribution is -0.159. The molecule has 132 valence electrons. The van der Waals surface area contributed by atoms with Gasteiger partial charge in [0.15, 0.2) is 14.6 Å². The van der Waals surface area contributed by atoms with Gasteiger partial charge in [-0.15, -0.1) is 0 Å². The molecule has 1 aliphatic carbocycles. The first kappa shape index (κ1) is 20.9. The molecule has 0 spiro atoms. The van der Waals surface area contributed by atoms with Crippen LogP contribution in [-0.2, 0) is 13.9 Å². The Labute approximate surface area is 150 Å². The van der Waals surface area contributed by atoms with E-state index in [1.54, 1.807) is 7.11 Å². The Morgan fingerprint density at radius 2 is 1.87 bits per heavy atom. The summed E-state index contributed by atoms with van der Waals surface area (Å²) >= 11 is 3.40. The highest BCUT2D eigenvalue weighted by molar-refractivity contribution is 9.09. The summed E-state index contributed by atoms with van der Waals surface area (Å²) in [5, 5.41) is 9.83. The van der Waals surface area contributed by atoms with E-state index in [0.717, 1.165) is 0 Å². The molecule has 0 bridgehead atoms. The number of ether oxygens (including phenoxy) is 2. The molecule has 0 aromatic heterocycles. The molecule has 0 saturated carbocycles. The van der Waals surface area contributed by atoms with E-state index in [1.807, 2.05) is 0 Å². The van der Waals surface area contributed by atoms with E-state index in [9.17, 15) is 0 Å². The highest BCUT2D eigenvalue weighted by Gasteiger charge is 2.40. The minimum absolute atomic E-state index is 0.0677. The van der Waals surface area contributed by atoms with Crippen molar-refractivity contribution in [3.05, 3.63) is 12.2 Å². The molecule has 0 radical (unpaired) electrons. The van der Waals surface area contributed by atoms with Crippen molar-refractivity contribution in [3.8, 4) is 6.07 Å². The highest BCUT2D eigenvalue weighted by Crippen LogP contribution is 2.38. The second kappa shape index (κ2) is 8.77. The summed E-state index contributed by atoms with van der Waals surface area (Å²) in [7, 11) is -0.160. The number of rotatable bonds is 8. The first-order valence-electron chi connectivity index (χ1n) is 8.09. The minimum atomic E-state index is -1.79. The zero-order valence-electron chi connectivity index (χ0n) is 15.1. The molecule has 23 heavy (non-hydrogen) atoms. The Hall–Kier alpha value is -0.193. The van der Waals surface area contributed by atoms with Gasteiger partial charge in [0.25, 0.3) is 0 Å². The smallest absolute Gasteiger partial charge is 0.192 e. The van der Waals surface area contributed by atoms with Crippen LogP contribution in [0.1, 0.15) is 27.2 Å². The molecule has 0 aromatic carbocycles. The number of hydrogen-bond donors (Lipinski definition) is 0. The molecule has 4 nitrogen and oxygen atoms in total. The molecular formula is C17H30BrNO3Si. The average molecular weight is 404 g/mol. The number of nitrogens with zero attached hydrogens (tertiary/aromatic N) is 1. The largest absolute Gasteiger partial charge is 0.416 e. The van der Waals surface area contributed by atoms with Crippen LogP contribution in [0.4, 0.5) is 0 Å². The molecule has 1 rings (SSSR count). The molecule has 4 atom stereocenters. The summed E-state index contributed by atoms with van der Waals surface area (Å²) in [5.74, 6) is 0.267. The van der Waals surface area contributed by atoms with Crippen LogP contribution in [0.2, 0.25) is 18.1 Å². The zero-order valence-corrected chi connectivity index (χ0v) is 17.7. The molecule has 0 saturated heterocycles. The third-order valence-electron chi connectivity index (χ3n) is 4.92. The standard InChI is InChI=1S/C17H30BrNO3Si/c1-17(2,3)23(5,6)21-12-14-8-7-13(9-10-19)16(14)22-15(11-18)20-4/h7-8,13-16H,9,11-12H2,1-6H3/t13-,14+,15?,16-/m0/s1. The van der Waals surface area contributed by atoms with Crippen molar-refractivity contribution in [1.29, 1.82) is 5.26 Å². The Kier molecular flexibility index (Phi) is 7.95. The number of hydrogen-bond acceptors (Lipinski definition) is 4. The molecule has 0 aromatic rings. The van der Waals surface area contributed by atoms with Gasteiger partial charge in [-0.1, -0.05) is 48.9 Å². The molecule has 0 N–H and O–H groups in total. The fourth-order valence-corrected chi connectivity index (χ4v) is 3.77. The van der Waals surface area contributed by atoms with Crippen LogP contribution in [0.15, 0.2) is 12.2 Å². The van der Waals surface area contributed by atoms with Crippen molar-refractivity contribution < 1.29 is 13.9 Å². The molecule has 0 fully saturated rings. The quantitative estimate of drug-likeness (QED) is 0.259. The number of methoxy groups -OCH3 is 1. The van der Waals surface area contributed by atoms with Gasteiger partial charge >= 0.3 is 0 Å². The summed E-state index contributed by atoms with van der Waals surface area (Å²) in [5.41, 5.74) is 0. The van der Waals surface area contributed by atoms with Crippen molar-refractivity contribution in [2.75, 3.05) is 19.0 Å². The molecule has 0 amide bonds. The Morgan fingerprint density at radius 3 is 2.35 bits per heavy atom. The van der Waals surface area contributed by atoms with Crippen LogP contribution >= 0.6 is 15.9 Å². The van der Waals surface area contributed by atoms with Crippen LogP contribution in [0, 0.1) is 23.2 Å². The third kappa shape index (κ3) is 5.68. The minimum Gasteiger partial charge on any atom is -0.416 e. The monoisotopic (exact) mass is 403 g/mol. The summed E-state index contributed by atoms with van der Waals surface area (Å²) in [6.45, 7) is 11.9. The van der Waals surface area contributed by atoms with Gasteiger partial charge in [-0.25, -0.2) is 0 Å². The summed E-state index contributed by atoms with van der Waals surface area (Å²) in [6.07, 6.45) is 4.31. The van der Waals surface area contributed by atoms with Crippen molar-refractivity contribution >= 4 is 24.2 Å². The SMILES string of the molecule is COC(CBr)O[C@@H]1[C@@H](CO[Si](C)(C)C(C)(C)C)C=C[C@H]1CC#N. The fourth-order valence-electron chi connectivity index (χ4n) is 2.32. The van der Waals surface area contributed by atoms with E-state index in [2.05, 4.69) is 68.0 Å². The molecular weight excluding hydrogens is 374 g/mol. The molecule has 0 heterocycles. The van der Waals surface area contributed by atoms with Crippen molar-refractivity contribution in [1.82, 2.24) is 0 Å². The van der Waals surface area contributed by atoms with Gasteiger partial charge in [0.1, 0.15) is 0 Å². The van der Waals surface area contributed by atoms with Crippen molar-refractivity contribution in [2.45, 2.75) is 57.7 Å². The second-order valence-corrected chi connectivity index (χ2v) is 13.0. The Morgan fingerprint density at radius 1 is 1.26 bits per heavy atom. The van der Waals surface area contributed by atoms with E-state index < -0.39 is 8.32 Å². The van der Waals surface area contributed by atoms with Crippen LogP contribution in [-0.4, -0.2) is 39.8 Å². The lowest BCUT2D eigenvalue weighted by Gasteiger charge is -2.38. The first-order valence-corrected chi connectivity index (χ1v) is 12.1. The van der Waals surface area contributed by atoms with E-state index >= 15 is 0 Å². The lowest BCUT2D eigenvalue weighted by Crippen LogP contribution is -2.43. The van der Waals surface area contributed by atoms with E-state index in [1.165, 1.54) is 0 Å². The molecule has 6 heteroatoms. The zero-order chi connectivity index (χ0) is 17.7. The predicted octanol–water partition coefficient (Wildman–Crippen LogP) is 4.48.